The Morgan fingerprint density at radius 1 is 1.10 bits per heavy atom. The highest BCUT2D eigenvalue weighted by atomic mass is 32.1. The Kier molecular flexibility index (Phi) is 3.46. The molecular formula is C15H15NO3S. The summed E-state index contributed by atoms with van der Waals surface area (Å²) in [5.41, 5.74) is 0.820. The number of hydrogen-bond acceptors (Lipinski definition) is 5. The van der Waals surface area contributed by atoms with Crippen LogP contribution in [0.2, 0.25) is 0 Å². The summed E-state index contributed by atoms with van der Waals surface area (Å²) in [6.45, 7) is 0.579. The first kappa shape index (κ1) is 13.1. The van der Waals surface area contributed by atoms with Crippen LogP contribution < -0.4 is 9.47 Å². The molecule has 3 rings (SSSR count). The van der Waals surface area contributed by atoms with Crippen molar-refractivity contribution < 1.29 is 14.2 Å². The zero-order valence-electron chi connectivity index (χ0n) is 11.6. The van der Waals surface area contributed by atoms with Gasteiger partial charge in [0.1, 0.15) is 11.3 Å². The third kappa shape index (κ3) is 1.90. The summed E-state index contributed by atoms with van der Waals surface area (Å²) in [6.07, 6.45) is 1.76. The minimum atomic E-state index is 0.579. The fourth-order valence-corrected chi connectivity index (χ4v) is 3.58. The molecule has 3 aromatic rings. The van der Waals surface area contributed by atoms with E-state index in [4.69, 9.17) is 14.2 Å². The van der Waals surface area contributed by atoms with Gasteiger partial charge in [-0.2, -0.15) is 0 Å². The van der Waals surface area contributed by atoms with Crippen LogP contribution in [0.15, 0.2) is 24.4 Å². The fraction of sp³-hybridized carbons (Fsp3) is 0.267. The number of pyridine rings is 1. The lowest BCUT2D eigenvalue weighted by molar-refractivity contribution is 0.187. The van der Waals surface area contributed by atoms with Gasteiger partial charge in [0.15, 0.2) is 5.75 Å². The molecule has 20 heavy (non-hydrogen) atoms. The van der Waals surface area contributed by atoms with Crippen LogP contribution in [0.1, 0.15) is 4.88 Å². The lowest BCUT2D eigenvalue weighted by Gasteiger charge is -2.10. The molecule has 0 amide bonds. The summed E-state index contributed by atoms with van der Waals surface area (Å²) in [7, 11) is 5.04. The van der Waals surface area contributed by atoms with Gasteiger partial charge in [-0.15, -0.1) is 11.3 Å². The largest absolute Gasteiger partial charge is 0.495 e. The van der Waals surface area contributed by atoms with E-state index >= 15 is 0 Å². The second-order valence-corrected chi connectivity index (χ2v) is 5.49. The second-order valence-electron chi connectivity index (χ2n) is 4.35. The molecule has 0 unspecified atom stereocenters. The molecule has 104 valence electrons. The number of benzene rings is 1. The van der Waals surface area contributed by atoms with E-state index in [1.165, 1.54) is 0 Å². The number of ether oxygens (including phenoxy) is 3. The van der Waals surface area contributed by atoms with Crippen LogP contribution in [-0.2, 0) is 11.3 Å². The zero-order valence-corrected chi connectivity index (χ0v) is 12.4. The molecule has 4 nitrogen and oxygen atoms in total. The van der Waals surface area contributed by atoms with Gasteiger partial charge in [-0.3, -0.25) is 4.98 Å². The fourth-order valence-electron chi connectivity index (χ4n) is 2.42. The quantitative estimate of drug-likeness (QED) is 0.735. The van der Waals surface area contributed by atoms with Crippen molar-refractivity contribution in [3.8, 4) is 11.5 Å². The van der Waals surface area contributed by atoms with Gasteiger partial charge >= 0.3 is 0 Å². The third-order valence-electron chi connectivity index (χ3n) is 3.20. The first-order valence-corrected chi connectivity index (χ1v) is 7.01. The van der Waals surface area contributed by atoms with E-state index in [9.17, 15) is 0 Å². The maximum absolute atomic E-state index is 5.61. The van der Waals surface area contributed by atoms with E-state index in [2.05, 4.69) is 11.1 Å². The number of hydrogen-bond donors (Lipinski definition) is 0. The number of methoxy groups -OCH3 is 3. The summed E-state index contributed by atoms with van der Waals surface area (Å²) in [6, 6.07) is 5.98. The molecule has 0 N–H and O–H groups in total. The molecule has 2 heterocycles. The number of rotatable bonds is 4. The maximum atomic E-state index is 5.61. The van der Waals surface area contributed by atoms with E-state index in [1.807, 2.05) is 12.1 Å². The highest BCUT2D eigenvalue weighted by Gasteiger charge is 2.18. The second kappa shape index (κ2) is 5.26. The lowest BCUT2D eigenvalue weighted by Crippen LogP contribution is -1.92. The molecule has 0 radical (unpaired) electrons. The highest BCUT2D eigenvalue weighted by molar-refractivity contribution is 7.19. The Balaban J connectivity index is 2.44. The first-order valence-electron chi connectivity index (χ1n) is 6.20. The molecule has 0 spiro atoms. The summed E-state index contributed by atoms with van der Waals surface area (Å²) in [5.74, 6) is 1.63. The van der Waals surface area contributed by atoms with Gasteiger partial charge in [-0.25, -0.2) is 0 Å². The van der Waals surface area contributed by atoms with Crippen LogP contribution in [0.5, 0.6) is 11.5 Å². The van der Waals surface area contributed by atoms with E-state index in [1.54, 1.807) is 38.9 Å². The van der Waals surface area contributed by atoms with Crippen LogP contribution in [0.4, 0.5) is 0 Å². The topological polar surface area (TPSA) is 40.6 Å². The van der Waals surface area contributed by atoms with Crippen molar-refractivity contribution in [2.75, 3.05) is 21.3 Å². The van der Waals surface area contributed by atoms with Crippen molar-refractivity contribution in [1.29, 1.82) is 0 Å². The Bertz CT molecular complexity index is 706. The smallest absolute Gasteiger partial charge is 0.154 e. The van der Waals surface area contributed by atoms with E-state index < -0.39 is 0 Å². The minimum absolute atomic E-state index is 0.579. The summed E-state index contributed by atoms with van der Waals surface area (Å²) < 4.78 is 17.5. The summed E-state index contributed by atoms with van der Waals surface area (Å²) >= 11 is 1.66. The van der Waals surface area contributed by atoms with E-state index in [0.717, 1.165) is 37.4 Å². The van der Waals surface area contributed by atoms with Crippen LogP contribution in [0.3, 0.4) is 0 Å². The minimum Gasteiger partial charge on any atom is -0.495 e. The van der Waals surface area contributed by atoms with Crippen molar-refractivity contribution in [3.63, 3.8) is 0 Å². The Morgan fingerprint density at radius 2 is 1.90 bits per heavy atom. The SMILES string of the molecule is COCc1cc2c(OC)c3ncccc3c(OC)c2s1. The molecule has 1 aromatic carbocycles. The van der Waals surface area contributed by atoms with Crippen molar-refractivity contribution >= 4 is 32.3 Å². The van der Waals surface area contributed by atoms with Gasteiger partial charge in [0.2, 0.25) is 0 Å². The Labute approximate surface area is 120 Å². The molecule has 0 aliphatic carbocycles. The van der Waals surface area contributed by atoms with Gasteiger partial charge in [0.25, 0.3) is 0 Å². The molecule has 0 fully saturated rings. The molecule has 0 saturated heterocycles. The summed E-state index contributed by atoms with van der Waals surface area (Å²) in [5, 5.41) is 1.98. The number of nitrogens with zero attached hydrogens (tertiary/aromatic N) is 1. The standard InChI is InChI=1S/C15H15NO3S/c1-17-8-9-7-11-13(18-2)12-10(5-4-6-16-12)14(19-3)15(11)20-9/h4-7H,8H2,1-3H3. The van der Waals surface area contributed by atoms with Gasteiger partial charge in [-0.1, -0.05) is 0 Å². The van der Waals surface area contributed by atoms with Gasteiger partial charge in [-0.05, 0) is 18.2 Å². The molecule has 0 bridgehead atoms. The van der Waals surface area contributed by atoms with Crippen molar-refractivity contribution in [2.45, 2.75) is 6.61 Å². The predicted molar refractivity (Wildman–Crippen MR) is 80.9 cm³/mol. The van der Waals surface area contributed by atoms with Gasteiger partial charge in [0, 0.05) is 29.0 Å². The van der Waals surface area contributed by atoms with Gasteiger partial charge in [0.05, 0.1) is 25.5 Å². The molecule has 0 aliphatic rings. The lowest BCUT2D eigenvalue weighted by atomic mass is 10.1. The number of thiophene rings is 1. The zero-order chi connectivity index (χ0) is 14.1. The Hall–Kier alpha value is -1.85. The highest BCUT2D eigenvalue weighted by Crippen LogP contribution is 2.45. The van der Waals surface area contributed by atoms with Crippen molar-refractivity contribution in [2.24, 2.45) is 0 Å². The molecule has 0 saturated carbocycles. The van der Waals surface area contributed by atoms with E-state index in [0.29, 0.717) is 6.61 Å². The molecule has 2 aromatic heterocycles. The normalized spacial score (nSPS) is 11.2. The average Bonchev–Trinajstić information content (AvgIpc) is 2.88. The predicted octanol–water partition coefficient (Wildman–Crippen LogP) is 3.61. The molecular weight excluding hydrogens is 274 g/mol. The molecule has 0 aliphatic heterocycles. The van der Waals surface area contributed by atoms with Crippen molar-refractivity contribution in [3.05, 3.63) is 29.3 Å². The number of fused-ring (bicyclic) bond motifs is 2. The monoisotopic (exact) mass is 289 g/mol. The maximum Gasteiger partial charge on any atom is 0.154 e. The van der Waals surface area contributed by atoms with Crippen LogP contribution in [0.25, 0.3) is 21.0 Å². The van der Waals surface area contributed by atoms with Gasteiger partial charge < -0.3 is 14.2 Å². The number of aromatic nitrogens is 1. The van der Waals surface area contributed by atoms with Crippen LogP contribution in [0, 0.1) is 0 Å². The van der Waals surface area contributed by atoms with Crippen molar-refractivity contribution in [1.82, 2.24) is 4.98 Å². The summed E-state index contributed by atoms with van der Waals surface area (Å²) in [4.78, 5) is 5.57. The molecule has 5 heteroatoms. The molecule has 0 atom stereocenters. The Morgan fingerprint density at radius 3 is 2.60 bits per heavy atom. The van der Waals surface area contributed by atoms with Crippen LogP contribution >= 0.6 is 11.3 Å². The third-order valence-corrected chi connectivity index (χ3v) is 4.30. The average molecular weight is 289 g/mol. The first-order chi connectivity index (χ1) is 9.80. The van der Waals surface area contributed by atoms with Crippen LogP contribution in [-0.4, -0.2) is 26.3 Å². The van der Waals surface area contributed by atoms with E-state index in [-0.39, 0.29) is 0 Å².